The zero-order valence-corrected chi connectivity index (χ0v) is 23.4. The second-order valence-corrected chi connectivity index (χ2v) is 11.5. The van der Waals surface area contributed by atoms with E-state index in [0.717, 1.165) is 6.42 Å². The van der Waals surface area contributed by atoms with Crippen LogP contribution in [0.1, 0.15) is 46.3 Å². The summed E-state index contributed by atoms with van der Waals surface area (Å²) >= 11 is 6.03. The maximum atomic E-state index is 12.7. The molecule has 2 fully saturated rings. The van der Waals surface area contributed by atoms with Crippen molar-refractivity contribution < 1.29 is 23.3 Å². The Morgan fingerprint density at radius 3 is 2.71 bits per heavy atom. The normalized spacial score (nSPS) is 22.9. The molecule has 4 atom stereocenters. The van der Waals surface area contributed by atoms with Crippen molar-refractivity contribution in [2.24, 2.45) is 5.92 Å². The number of anilines is 1. The molecule has 5 rings (SSSR count). The molecule has 1 aliphatic heterocycles. The Bertz CT molecular complexity index is 1270. The van der Waals surface area contributed by atoms with E-state index in [1.165, 1.54) is 6.33 Å². The summed E-state index contributed by atoms with van der Waals surface area (Å²) in [5.74, 6) is 1.16. The largest absolute Gasteiger partial charge is 0.462 e. The summed E-state index contributed by atoms with van der Waals surface area (Å²) in [4.78, 5) is 25.9. The molecule has 1 saturated carbocycles. The monoisotopic (exact) mass is 562 g/mol. The van der Waals surface area contributed by atoms with Crippen molar-refractivity contribution in [1.29, 1.82) is 0 Å². The molecule has 3 heterocycles. The van der Waals surface area contributed by atoms with Gasteiger partial charge in [0, 0.05) is 18.0 Å². The minimum absolute atomic E-state index is 0.184. The van der Waals surface area contributed by atoms with E-state index in [4.69, 9.17) is 30.1 Å². The maximum Gasteiger partial charge on any atom is 0.327 e. The van der Waals surface area contributed by atoms with Crippen LogP contribution in [0.4, 0.5) is 5.82 Å². The van der Waals surface area contributed by atoms with Gasteiger partial charge in [0.2, 0.25) is 0 Å². The number of nitrogens with one attached hydrogen (secondary N) is 2. The molecule has 0 spiro atoms. The van der Waals surface area contributed by atoms with E-state index in [2.05, 4.69) is 32.3 Å². The summed E-state index contributed by atoms with van der Waals surface area (Å²) in [6.45, 7) is 6.08. The highest BCUT2D eigenvalue weighted by atomic mass is 35.5. The van der Waals surface area contributed by atoms with Crippen LogP contribution in [0.25, 0.3) is 11.2 Å². The molecular weight excluding hydrogens is 531 g/mol. The number of rotatable bonds is 11. The van der Waals surface area contributed by atoms with Crippen molar-refractivity contribution in [1.82, 2.24) is 24.6 Å². The van der Waals surface area contributed by atoms with Crippen LogP contribution in [0.15, 0.2) is 36.9 Å². The van der Waals surface area contributed by atoms with Gasteiger partial charge in [0.15, 0.2) is 11.5 Å². The third kappa shape index (κ3) is 5.87. The van der Waals surface area contributed by atoms with Gasteiger partial charge in [-0.25, -0.2) is 20.0 Å². The van der Waals surface area contributed by atoms with Crippen LogP contribution >= 0.6 is 20.1 Å². The maximum absolute atomic E-state index is 12.7. The molecule has 2 N–H and O–H groups in total. The fourth-order valence-corrected chi connectivity index (χ4v) is 5.97. The summed E-state index contributed by atoms with van der Waals surface area (Å²) in [6, 6.07) is 7.03. The first-order chi connectivity index (χ1) is 18.3. The first-order valence-electron chi connectivity index (χ1n) is 12.6. The molecule has 1 aliphatic carbocycles. The fourth-order valence-electron chi connectivity index (χ4n) is 4.40. The van der Waals surface area contributed by atoms with E-state index in [9.17, 15) is 4.79 Å². The van der Waals surface area contributed by atoms with Gasteiger partial charge < -0.3 is 23.8 Å². The number of carbonyl (C=O) groups excluding carboxylic acids is 1. The van der Waals surface area contributed by atoms with E-state index in [1.807, 2.05) is 18.4 Å². The van der Waals surface area contributed by atoms with E-state index < -0.39 is 14.1 Å². The average molecular weight is 563 g/mol. The smallest absolute Gasteiger partial charge is 0.327 e. The molecular formula is C25H32ClN6O5P. The molecule has 0 amide bonds. The number of nitrogens with zero attached hydrogens (tertiary/aromatic N) is 4. The van der Waals surface area contributed by atoms with Gasteiger partial charge in [-0.05, 0) is 57.4 Å². The van der Waals surface area contributed by atoms with Gasteiger partial charge in [-0.2, -0.15) is 0 Å². The predicted molar refractivity (Wildman–Crippen MR) is 144 cm³/mol. The summed E-state index contributed by atoms with van der Waals surface area (Å²) in [7, 11) is 0.125. The first kappa shape index (κ1) is 27.0. The fraction of sp³-hybridized carbons (Fsp3) is 0.520. The molecule has 2 aromatic heterocycles. The molecule has 38 heavy (non-hydrogen) atoms. The van der Waals surface area contributed by atoms with Crippen molar-refractivity contribution in [3.63, 3.8) is 0 Å². The molecule has 1 saturated heterocycles. The van der Waals surface area contributed by atoms with E-state index in [0.29, 0.717) is 40.6 Å². The average Bonchev–Trinajstić information content (AvgIpc) is 3.40. The molecule has 3 aromatic rings. The number of carbonyl (C=O) groups is 1. The van der Waals surface area contributed by atoms with Crippen LogP contribution in [0, 0.1) is 5.92 Å². The van der Waals surface area contributed by atoms with Crippen molar-refractivity contribution >= 4 is 43.1 Å². The Morgan fingerprint density at radius 2 is 2.03 bits per heavy atom. The molecule has 0 radical (unpaired) electrons. The quantitative estimate of drug-likeness (QED) is 0.248. The highest BCUT2D eigenvalue weighted by Crippen LogP contribution is 2.48. The molecule has 204 valence electrons. The van der Waals surface area contributed by atoms with E-state index >= 15 is 0 Å². The Labute approximate surface area is 227 Å². The number of hydrogen-bond acceptors (Lipinski definition) is 10. The van der Waals surface area contributed by atoms with Crippen molar-refractivity contribution in [2.45, 2.75) is 64.0 Å². The Hall–Kier alpha value is -2.56. The highest BCUT2D eigenvalue weighted by molar-refractivity contribution is 7.45. The Morgan fingerprint density at radius 1 is 1.26 bits per heavy atom. The standard InChI is InChI=1S/C25H32ClN6O5P/c1-15(2)35-24(33)25(9-10-25)31-38(37-18-7-5-17(26)6-8-18)34-12-19-11-16(3)23(36-19)32-14-30-20-21(27-4)28-13-29-22(20)32/h5-8,13-16,19,23,31H,9-12H2,1-4H3,(H,27,28,29). The van der Waals surface area contributed by atoms with Crippen LogP contribution in [0.2, 0.25) is 5.02 Å². The zero-order valence-electron chi connectivity index (χ0n) is 21.8. The number of imidazole rings is 1. The molecule has 1 aromatic carbocycles. The highest BCUT2D eigenvalue weighted by Gasteiger charge is 2.54. The molecule has 13 heteroatoms. The third-order valence-electron chi connectivity index (χ3n) is 6.49. The number of hydrogen-bond donors (Lipinski definition) is 2. The van der Waals surface area contributed by atoms with Crippen molar-refractivity contribution in [2.75, 3.05) is 19.0 Å². The van der Waals surface area contributed by atoms with Gasteiger partial charge in [-0.1, -0.05) is 18.5 Å². The van der Waals surface area contributed by atoms with Crippen LogP contribution in [0.3, 0.4) is 0 Å². The predicted octanol–water partition coefficient (Wildman–Crippen LogP) is 4.84. The number of aromatic nitrogens is 4. The van der Waals surface area contributed by atoms with Crippen LogP contribution in [-0.2, 0) is 18.8 Å². The van der Waals surface area contributed by atoms with Gasteiger partial charge in [-0.15, -0.1) is 0 Å². The van der Waals surface area contributed by atoms with Gasteiger partial charge in [0.1, 0.15) is 29.4 Å². The van der Waals surface area contributed by atoms with Crippen LogP contribution in [0.5, 0.6) is 5.75 Å². The number of halogens is 1. The molecule has 4 unspecified atom stereocenters. The lowest BCUT2D eigenvalue weighted by Crippen LogP contribution is -2.40. The number of fused-ring (bicyclic) bond motifs is 1. The number of ether oxygens (including phenoxy) is 2. The van der Waals surface area contributed by atoms with E-state index in [-0.39, 0.29) is 36.9 Å². The first-order valence-corrected chi connectivity index (χ1v) is 14.2. The Balaban J connectivity index is 1.27. The lowest BCUT2D eigenvalue weighted by Gasteiger charge is -2.25. The molecule has 0 bridgehead atoms. The second-order valence-electron chi connectivity index (χ2n) is 9.90. The molecule has 11 nitrogen and oxygen atoms in total. The number of esters is 1. The van der Waals surface area contributed by atoms with E-state index in [1.54, 1.807) is 37.6 Å². The second kappa shape index (κ2) is 11.3. The van der Waals surface area contributed by atoms with Crippen molar-refractivity contribution in [3.8, 4) is 5.75 Å². The topological polar surface area (TPSA) is 122 Å². The molecule has 2 aliphatic rings. The van der Waals surface area contributed by atoms with Gasteiger partial charge in [0.25, 0.3) is 0 Å². The SMILES string of the molecule is CNc1ncnc2c1ncn2C1OC(COP(NC2(C(=O)OC(C)C)CC2)Oc2ccc(Cl)cc2)CC1C. The van der Waals surface area contributed by atoms with Gasteiger partial charge in [0.05, 0.1) is 25.1 Å². The summed E-state index contributed by atoms with van der Waals surface area (Å²) in [5, 5.41) is 6.95. The zero-order chi connectivity index (χ0) is 26.9. The lowest BCUT2D eigenvalue weighted by molar-refractivity contribution is -0.150. The minimum Gasteiger partial charge on any atom is -0.462 e. The summed E-state index contributed by atoms with van der Waals surface area (Å²) in [6.07, 6.45) is 4.71. The van der Waals surface area contributed by atoms with Gasteiger partial charge >= 0.3 is 14.5 Å². The Kier molecular flexibility index (Phi) is 8.02. The van der Waals surface area contributed by atoms with Crippen LogP contribution in [-0.4, -0.2) is 56.9 Å². The lowest BCUT2D eigenvalue weighted by atomic mass is 10.1. The summed E-state index contributed by atoms with van der Waals surface area (Å²) in [5.41, 5.74) is 0.601. The van der Waals surface area contributed by atoms with Crippen molar-refractivity contribution in [3.05, 3.63) is 41.9 Å². The van der Waals surface area contributed by atoms with Gasteiger partial charge in [-0.3, -0.25) is 9.36 Å². The third-order valence-corrected chi connectivity index (χ3v) is 8.11. The van der Waals surface area contributed by atoms with Crippen LogP contribution < -0.4 is 14.9 Å². The minimum atomic E-state index is -1.68. The summed E-state index contributed by atoms with van der Waals surface area (Å²) < 4.78 is 26.2. The number of benzene rings is 1.